The average Bonchev–Trinajstić information content (AvgIpc) is 2.66. The normalized spacial score (nSPS) is 10.9. The van der Waals surface area contributed by atoms with E-state index in [1.165, 1.54) is 13.2 Å². The molecule has 0 spiro atoms. The fourth-order valence-corrected chi connectivity index (χ4v) is 2.84. The fraction of sp³-hybridized carbons (Fsp3) is 0.409. The molecule has 0 radical (unpaired) electrons. The first kappa shape index (κ1) is 22.5. The lowest BCUT2D eigenvalue weighted by Gasteiger charge is -2.15. The number of hydrogen-bond donors (Lipinski definition) is 1. The molecule has 0 aliphatic heterocycles. The number of aryl methyl sites for hydroxylation is 1. The van der Waals surface area contributed by atoms with Crippen molar-refractivity contribution in [1.82, 2.24) is 5.32 Å². The molecule has 0 saturated heterocycles. The van der Waals surface area contributed by atoms with E-state index in [1.807, 2.05) is 25.1 Å². The summed E-state index contributed by atoms with van der Waals surface area (Å²) in [7, 11) is 1.38. The number of hydrogen-bond acceptors (Lipinski definition) is 4. The molecule has 5 nitrogen and oxygen atoms in total. The van der Waals surface area contributed by atoms with Gasteiger partial charge in [-0.3, -0.25) is 4.79 Å². The van der Waals surface area contributed by atoms with Crippen molar-refractivity contribution in [2.24, 2.45) is 0 Å². The first-order valence-corrected chi connectivity index (χ1v) is 9.42. The third-order valence-electron chi connectivity index (χ3n) is 4.33. The molecule has 29 heavy (non-hydrogen) atoms. The smallest absolute Gasteiger partial charge is 0.387 e. The molecular formula is C22H27F2NO4. The molecule has 1 N–H and O–H groups in total. The van der Waals surface area contributed by atoms with E-state index in [0.29, 0.717) is 18.9 Å². The zero-order valence-electron chi connectivity index (χ0n) is 17.1. The number of nitrogens with one attached hydrogen (secondary N) is 1. The molecule has 0 unspecified atom stereocenters. The van der Waals surface area contributed by atoms with Crippen LogP contribution >= 0.6 is 0 Å². The van der Waals surface area contributed by atoms with Gasteiger partial charge in [-0.1, -0.05) is 32.0 Å². The van der Waals surface area contributed by atoms with Crippen LogP contribution in [0.15, 0.2) is 36.4 Å². The number of benzene rings is 2. The van der Waals surface area contributed by atoms with Gasteiger partial charge in [0.2, 0.25) is 0 Å². The van der Waals surface area contributed by atoms with Gasteiger partial charge in [0.05, 0.1) is 7.11 Å². The summed E-state index contributed by atoms with van der Waals surface area (Å²) in [6, 6.07) is 10.7. The number of carbonyl (C=O) groups is 1. The van der Waals surface area contributed by atoms with Crippen LogP contribution in [0.4, 0.5) is 8.78 Å². The highest BCUT2D eigenvalue weighted by atomic mass is 19.3. The maximum Gasteiger partial charge on any atom is 0.387 e. The SMILES string of the molecule is COc1cc(CCNC(=O)COc2cc(C)ccc2C(C)C)ccc1OC(F)F. The quantitative estimate of drug-likeness (QED) is 0.632. The Morgan fingerprint density at radius 2 is 1.83 bits per heavy atom. The van der Waals surface area contributed by atoms with Crippen LogP contribution in [-0.2, 0) is 11.2 Å². The lowest BCUT2D eigenvalue weighted by Crippen LogP contribution is -2.30. The topological polar surface area (TPSA) is 56.8 Å². The minimum absolute atomic E-state index is 0.0252. The average molecular weight is 407 g/mol. The minimum atomic E-state index is -2.92. The van der Waals surface area contributed by atoms with Crippen molar-refractivity contribution in [2.75, 3.05) is 20.3 Å². The Labute approximate surface area is 170 Å². The number of amides is 1. The maximum atomic E-state index is 12.4. The zero-order valence-corrected chi connectivity index (χ0v) is 17.1. The lowest BCUT2D eigenvalue weighted by molar-refractivity contribution is -0.123. The highest BCUT2D eigenvalue weighted by Gasteiger charge is 2.12. The van der Waals surface area contributed by atoms with Crippen molar-refractivity contribution in [3.8, 4) is 17.2 Å². The molecule has 1 amide bonds. The van der Waals surface area contributed by atoms with Gasteiger partial charge < -0.3 is 19.5 Å². The summed E-state index contributed by atoms with van der Waals surface area (Å²) in [6.07, 6.45) is 0.513. The van der Waals surface area contributed by atoms with E-state index in [4.69, 9.17) is 9.47 Å². The molecule has 0 heterocycles. The first-order valence-electron chi connectivity index (χ1n) is 9.42. The van der Waals surface area contributed by atoms with Crippen LogP contribution in [0.3, 0.4) is 0 Å². The molecule has 0 bridgehead atoms. The number of carbonyl (C=O) groups excluding carboxylic acids is 1. The lowest BCUT2D eigenvalue weighted by atomic mass is 10.0. The van der Waals surface area contributed by atoms with Crippen LogP contribution < -0.4 is 19.5 Å². The number of halogens is 2. The third kappa shape index (κ3) is 6.93. The highest BCUT2D eigenvalue weighted by Crippen LogP contribution is 2.29. The Kier molecular flexibility index (Phi) is 8.24. The van der Waals surface area contributed by atoms with Gasteiger partial charge in [0, 0.05) is 6.54 Å². The molecule has 0 saturated carbocycles. The molecule has 0 atom stereocenters. The summed E-state index contributed by atoms with van der Waals surface area (Å²) < 4.78 is 39.9. The van der Waals surface area contributed by atoms with Crippen LogP contribution in [0.2, 0.25) is 0 Å². The Morgan fingerprint density at radius 3 is 2.48 bits per heavy atom. The van der Waals surface area contributed by atoms with Crippen molar-refractivity contribution in [3.05, 3.63) is 53.1 Å². The monoisotopic (exact) mass is 407 g/mol. The van der Waals surface area contributed by atoms with E-state index < -0.39 is 6.61 Å². The van der Waals surface area contributed by atoms with E-state index in [2.05, 4.69) is 23.9 Å². The van der Waals surface area contributed by atoms with Crippen LogP contribution in [0.25, 0.3) is 0 Å². The van der Waals surface area contributed by atoms with E-state index in [-0.39, 0.29) is 24.0 Å². The number of methoxy groups -OCH3 is 1. The summed E-state index contributed by atoms with van der Waals surface area (Å²) in [5.74, 6) is 0.974. The van der Waals surface area contributed by atoms with Gasteiger partial charge in [0.25, 0.3) is 5.91 Å². The fourth-order valence-electron chi connectivity index (χ4n) is 2.84. The standard InChI is InChI=1S/C22H27F2NO4/c1-14(2)17-7-5-15(3)11-19(17)28-13-21(26)25-10-9-16-6-8-18(29-22(23)24)20(12-16)27-4/h5-8,11-12,14,22H,9-10,13H2,1-4H3,(H,25,26). The summed E-state index contributed by atoms with van der Waals surface area (Å²) in [5, 5.41) is 2.79. The predicted octanol–water partition coefficient (Wildman–Crippen LogP) is 4.47. The molecule has 0 aliphatic rings. The van der Waals surface area contributed by atoms with Gasteiger partial charge in [0.1, 0.15) is 5.75 Å². The molecule has 2 rings (SSSR count). The van der Waals surface area contributed by atoms with Crippen molar-refractivity contribution in [2.45, 2.75) is 39.7 Å². The molecule has 0 fully saturated rings. The molecule has 0 aromatic heterocycles. The zero-order chi connectivity index (χ0) is 21.4. The van der Waals surface area contributed by atoms with Crippen molar-refractivity contribution >= 4 is 5.91 Å². The van der Waals surface area contributed by atoms with Crippen LogP contribution in [0.5, 0.6) is 17.2 Å². The van der Waals surface area contributed by atoms with Gasteiger partial charge in [-0.05, 0) is 54.2 Å². The maximum absolute atomic E-state index is 12.4. The van der Waals surface area contributed by atoms with Gasteiger partial charge in [-0.15, -0.1) is 0 Å². The molecular weight excluding hydrogens is 380 g/mol. The second-order valence-electron chi connectivity index (χ2n) is 6.95. The predicted molar refractivity (Wildman–Crippen MR) is 107 cm³/mol. The highest BCUT2D eigenvalue weighted by molar-refractivity contribution is 5.77. The van der Waals surface area contributed by atoms with Crippen molar-refractivity contribution in [3.63, 3.8) is 0 Å². The Bertz CT molecular complexity index is 824. The van der Waals surface area contributed by atoms with Crippen LogP contribution in [0.1, 0.15) is 36.5 Å². The summed E-state index contributed by atoms with van der Waals surface area (Å²) in [6.45, 7) is 3.51. The van der Waals surface area contributed by atoms with Gasteiger partial charge in [0.15, 0.2) is 18.1 Å². The number of rotatable bonds is 10. The number of ether oxygens (including phenoxy) is 3. The second kappa shape index (κ2) is 10.6. The Morgan fingerprint density at radius 1 is 1.07 bits per heavy atom. The molecule has 0 aliphatic carbocycles. The largest absolute Gasteiger partial charge is 0.493 e. The van der Waals surface area contributed by atoms with Crippen molar-refractivity contribution in [1.29, 1.82) is 0 Å². The molecule has 2 aromatic rings. The minimum Gasteiger partial charge on any atom is -0.493 e. The van der Waals surface area contributed by atoms with E-state index in [0.717, 1.165) is 22.4 Å². The number of alkyl halides is 2. The van der Waals surface area contributed by atoms with E-state index >= 15 is 0 Å². The van der Waals surface area contributed by atoms with Gasteiger partial charge in [-0.25, -0.2) is 0 Å². The Balaban J connectivity index is 1.85. The summed E-state index contributed by atoms with van der Waals surface area (Å²) in [5.41, 5.74) is 2.95. The van der Waals surface area contributed by atoms with Crippen LogP contribution in [0, 0.1) is 6.92 Å². The summed E-state index contributed by atoms with van der Waals surface area (Å²) in [4.78, 5) is 12.1. The molecule has 2 aromatic carbocycles. The second-order valence-corrected chi connectivity index (χ2v) is 6.95. The van der Waals surface area contributed by atoms with Crippen molar-refractivity contribution < 1.29 is 27.8 Å². The Hall–Kier alpha value is -2.83. The van der Waals surface area contributed by atoms with Crippen LogP contribution in [-0.4, -0.2) is 32.8 Å². The van der Waals surface area contributed by atoms with E-state index in [9.17, 15) is 13.6 Å². The van der Waals surface area contributed by atoms with Gasteiger partial charge in [-0.2, -0.15) is 8.78 Å². The summed E-state index contributed by atoms with van der Waals surface area (Å²) >= 11 is 0. The van der Waals surface area contributed by atoms with Gasteiger partial charge >= 0.3 is 6.61 Å². The van der Waals surface area contributed by atoms with E-state index in [1.54, 1.807) is 12.1 Å². The third-order valence-corrected chi connectivity index (χ3v) is 4.33. The molecule has 158 valence electrons. The first-order chi connectivity index (χ1) is 13.8. The molecule has 7 heteroatoms.